The number of carbonyl (C=O) groups excluding carboxylic acids is 2. The molecule has 0 aromatic heterocycles. The molecule has 1 N–H and O–H groups in total. The monoisotopic (exact) mass is 977 g/mol. The Labute approximate surface area is 435 Å². The van der Waals surface area contributed by atoms with E-state index in [1.807, 2.05) is 0 Å². The molecule has 0 radical (unpaired) electrons. The van der Waals surface area contributed by atoms with Crippen LogP contribution in [0, 0.1) is 0 Å². The van der Waals surface area contributed by atoms with Crippen molar-refractivity contribution in [3.05, 3.63) is 72.9 Å². The zero-order valence-corrected chi connectivity index (χ0v) is 46.5. The topological polar surface area (TPSA) is 72.8 Å². The van der Waals surface area contributed by atoms with Crippen LogP contribution in [0.3, 0.4) is 0 Å². The van der Waals surface area contributed by atoms with Crippen molar-refractivity contribution in [2.75, 3.05) is 13.2 Å². The number of allylic oxidation sites excluding steroid dienone is 12. The fourth-order valence-corrected chi connectivity index (χ4v) is 8.93. The normalized spacial score (nSPS) is 12.7. The fraction of sp³-hybridized carbons (Fsp3) is 0.785. The first-order valence-electron chi connectivity index (χ1n) is 30.5. The summed E-state index contributed by atoms with van der Waals surface area (Å²) in [6.45, 7) is 4.05. The molecular weight excluding hydrogens is 861 g/mol. The van der Waals surface area contributed by atoms with Gasteiger partial charge in [-0.25, -0.2) is 0 Å². The fourth-order valence-electron chi connectivity index (χ4n) is 8.93. The van der Waals surface area contributed by atoms with Gasteiger partial charge in [0.2, 0.25) is 0 Å². The van der Waals surface area contributed by atoms with Gasteiger partial charge in [-0.3, -0.25) is 9.59 Å². The van der Waals surface area contributed by atoms with Gasteiger partial charge in [-0.15, -0.1) is 0 Å². The molecule has 5 heteroatoms. The molecule has 1 unspecified atom stereocenters. The van der Waals surface area contributed by atoms with E-state index in [9.17, 15) is 14.7 Å². The van der Waals surface area contributed by atoms with Gasteiger partial charge in [0, 0.05) is 12.8 Å². The van der Waals surface area contributed by atoms with Crippen LogP contribution in [-0.4, -0.2) is 36.4 Å². The number of rotatable bonds is 56. The number of hydrogen-bond acceptors (Lipinski definition) is 5. The van der Waals surface area contributed by atoms with Gasteiger partial charge in [0.1, 0.15) is 6.61 Å². The second kappa shape index (κ2) is 60.6. The quantitative estimate of drug-likeness (QED) is 0.0373. The van der Waals surface area contributed by atoms with Crippen LogP contribution in [0.5, 0.6) is 0 Å². The van der Waals surface area contributed by atoms with Crippen LogP contribution in [-0.2, 0) is 19.1 Å². The highest BCUT2D eigenvalue weighted by atomic mass is 16.6. The molecule has 0 rings (SSSR count). The molecule has 406 valence electrons. The van der Waals surface area contributed by atoms with E-state index in [2.05, 4.69) is 86.8 Å². The number of unbranched alkanes of at least 4 members (excludes halogenated alkanes) is 36. The molecule has 70 heavy (non-hydrogen) atoms. The van der Waals surface area contributed by atoms with Gasteiger partial charge < -0.3 is 14.6 Å². The van der Waals surface area contributed by atoms with E-state index in [1.54, 1.807) is 0 Å². The summed E-state index contributed by atoms with van der Waals surface area (Å²) in [7, 11) is 0. The number of aliphatic hydroxyl groups is 1. The molecule has 0 saturated carbocycles. The molecule has 0 heterocycles. The van der Waals surface area contributed by atoms with Crippen molar-refractivity contribution >= 4 is 11.9 Å². The minimum Gasteiger partial charge on any atom is -0.462 e. The molecule has 0 bridgehead atoms. The van der Waals surface area contributed by atoms with Crippen molar-refractivity contribution in [2.45, 2.75) is 315 Å². The molecule has 0 aliphatic rings. The molecule has 0 aliphatic heterocycles. The third kappa shape index (κ3) is 57.9. The molecule has 0 aromatic rings. The number of hydrogen-bond donors (Lipinski definition) is 1. The average Bonchev–Trinajstić information content (AvgIpc) is 3.36. The Balaban J connectivity index is 3.41. The van der Waals surface area contributed by atoms with Crippen molar-refractivity contribution in [1.29, 1.82) is 0 Å². The third-order valence-electron chi connectivity index (χ3n) is 13.5. The molecule has 1 atom stereocenters. The van der Waals surface area contributed by atoms with Gasteiger partial charge in [0.05, 0.1) is 6.61 Å². The molecule has 0 aromatic carbocycles. The molecule has 0 spiro atoms. The predicted octanol–water partition coefficient (Wildman–Crippen LogP) is 20.8. The molecule has 0 amide bonds. The van der Waals surface area contributed by atoms with Crippen LogP contribution in [0.15, 0.2) is 72.9 Å². The Bertz CT molecular complexity index is 1240. The highest BCUT2D eigenvalue weighted by molar-refractivity contribution is 5.70. The lowest BCUT2D eigenvalue weighted by Gasteiger charge is -2.15. The summed E-state index contributed by atoms with van der Waals surface area (Å²) >= 11 is 0. The summed E-state index contributed by atoms with van der Waals surface area (Å²) < 4.78 is 10.7. The zero-order chi connectivity index (χ0) is 50.6. The summed E-state index contributed by atoms with van der Waals surface area (Å²) in [4.78, 5) is 24.5. The summed E-state index contributed by atoms with van der Waals surface area (Å²) in [6, 6.07) is 0. The van der Waals surface area contributed by atoms with E-state index in [0.29, 0.717) is 12.8 Å². The number of ether oxygens (including phenoxy) is 2. The Morgan fingerprint density at radius 3 is 0.943 bits per heavy atom. The number of aliphatic hydroxyl groups excluding tert-OH is 1. The lowest BCUT2D eigenvalue weighted by atomic mass is 10.0. The maximum absolute atomic E-state index is 12.3. The third-order valence-corrected chi connectivity index (χ3v) is 13.5. The second-order valence-electron chi connectivity index (χ2n) is 20.4. The lowest BCUT2D eigenvalue weighted by Crippen LogP contribution is -2.28. The highest BCUT2D eigenvalue weighted by Gasteiger charge is 2.16. The first kappa shape index (κ1) is 67.3. The van der Waals surface area contributed by atoms with E-state index < -0.39 is 6.10 Å². The van der Waals surface area contributed by atoms with Crippen molar-refractivity contribution in [3.8, 4) is 0 Å². The summed E-state index contributed by atoms with van der Waals surface area (Å²) in [5.74, 6) is -0.582. The SMILES string of the molecule is CC/C=C\C/C=C\C/C=C\C/C=C\C/C=C\CCCCCCCCCCCCCCCCCCCCCCCCCC(=O)OC(CO)COC(=O)CCCCCCCCC/C=C\CCCCCCCC. The van der Waals surface area contributed by atoms with E-state index in [0.717, 1.165) is 70.6 Å². The Morgan fingerprint density at radius 2 is 0.614 bits per heavy atom. The lowest BCUT2D eigenvalue weighted by molar-refractivity contribution is -0.161. The molecule has 0 fully saturated rings. The molecule has 0 aliphatic carbocycles. The van der Waals surface area contributed by atoms with Crippen LogP contribution >= 0.6 is 0 Å². The van der Waals surface area contributed by atoms with Crippen molar-refractivity contribution in [1.82, 2.24) is 0 Å². The maximum Gasteiger partial charge on any atom is 0.306 e. The van der Waals surface area contributed by atoms with E-state index in [-0.39, 0.29) is 25.2 Å². The van der Waals surface area contributed by atoms with Crippen LogP contribution in [0.25, 0.3) is 0 Å². The van der Waals surface area contributed by atoms with Crippen LogP contribution < -0.4 is 0 Å². The Morgan fingerprint density at radius 1 is 0.343 bits per heavy atom. The number of carbonyl (C=O) groups is 2. The van der Waals surface area contributed by atoms with Crippen LogP contribution in [0.4, 0.5) is 0 Å². The first-order chi connectivity index (χ1) is 34.6. The predicted molar refractivity (Wildman–Crippen MR) is 306 cm³/mol. The van der Waals surface area contributed by atoms with E-state index >= 15 is 0 Å². The first-order valence-corrected chi connectivity index (χ1v) is 30.5. The number of esters is 2. The van der Waals surface area contributed by atoms with E-state index in [1.165, 1.54) is 212 Å². The smallest absolute Gasteiger partial charge is 0.306 e. The maximum atomic E-state index is 12.3. The van der Waals surface area contributed by atoms with Crippen LogP contribution in [0.2, 0.25) is 0 Å². The van der Waals surface area contributed by atoms with Crippen molar-refractivity contribution < 1.29 is 24.2 Å². The average molecular weight is 978 g/mol. The van der Waals surface area contributed by atoms with E-state index in [4.69, 9.17) is 9.47 Å². The van der Waals surface area contributed by atoms with Crippen LogP contribution in [0.1, 0.15) is 309 Å². The summed E-state index contributed by atoms with van der Waals surface area (Å²) in [5.41, 5.74) is 0. The zero-order valence-electron chi connectivity index (χ0n) is 46.5. The standard InChI is InChI=1S/C65H116O5/c1-3-5-7-9-11-13-15-17-19-21-22-23-24-25-26-27-28-29-30-31-32-33-34-35-36-37-38-39-40-41-42-44-46-48-50-52-54-56-58-60-65(68)70-63(61-66)62-69-64(67)59-57-55-53-51-49-47-45-43-20-18-16-14-12-10-8-6-4-2/h5,7,11,13,17-20,22-23,25-26,63,66H,3-4,6,8-10,12,14-16,21,24,27-62H2,1-2H3/b7-5-,13-11-,19-17-,20-18-,23-22-,26-25-. The molecule has 0 saturated heterocycles. The minimum atomic E-state index is -0.773. The second-order valence-corrected chi connectivity index (χ2v) is 20.4. The van der Waals surface area contributed by atoms with Crippen molar-refractivity contribution in [3.63, 3.8) is 0 Å². The van der Waals surface area contributed by atoms with Gasteiger partial charge in [-0.1, -0.05) is 286 Å². The Hall–Kier alpha value is -2.66. The van der Waals surface area contributed by atoms with Gasteiger partial charge in [-0.05, 0) is 83.5 Å². The summed E-state index contributed by atoms with van der Waals surface area (Å²) in [6.07, 6.45) is 83.3. The van der Waals surface area contributed by atoms with Gasteiger partial charge in [-0.2, -0.15) is 0 Å². The summed E-state index contributed by atoms with van der Waals surface area (Å²) in [5, 5.41) is 9.65. The minimum absolute atomic E-state index is 0.0652. The molecule has 5 nitrogen and oxygen atoms in total. The molecular formula is C65H116O5. The van der Waals surface area contributed by atoms with Gasteiger partial charge >= 0.3 is 11.9 Å². The van der Waals surface area contributed by atoms with Crippen molar-refractivity contribution in [2.24, 2.45) is 0 Å². The Kier molecular flexibility index (Phi) is 58.3. The largest absolute Gasteiger partial charge is 0.462 e. The van der Waals surface area contributed by atoms with Gasteiger partial charge in [0.15, 0.2) is 6.10 Å². The highest BCUT2D eigenvalue weighted by Crippen LogP contribution is 2.17. The van der Waals surface area contributed by atoms with Gasteiger partial charge in [0.25, 0.3) is 0 Å².